The predicted molar refractivity (Wildman–Crippen MR) is 97.4 cm³/mol. The fourth-order valence-corrected chi connectivity index (χ4v) is 3.19. The zero-order valence-electron chi connectivity index (χ0n) is 13.4. The smallest absolute Gasteiger partial charge is 0.298 e. The summed E-state index contributed by atoms with van der Waals surface area (Å²) in [4.78, 5) is 17.4. The quantitative estimate of drug-likeness (QED) is 0.545. The fraction of sp³-hybridized carbons (Fsp3) is 0.0526. The number of halogens is 1. The van der Waals surface area contributed by atoms with E-state index in [9.17, 15) is 4.79 Å². The predicted octanol–water partition coefficient (Wildman–Crippen LogP) is 3.53. The van der Waals surface area contributed by atoms with E-state index in [0.717, 1.165) is 5.56 Å². The third kappa shape index (κ3) is 2.34. The minimum atomic E-state index is -0.221. The van der Waals surface area contributed by atoms with Crippen LogP contribution in [0, 0.1) is 0 Å². The first-order valence-electron chi connectivity index (χ1n) is 7.95. The average molecular weight is 366 g/mol. The van der Waals surface area contributed by atoms with E-state index in [1.165, 1.54) is 4.57 Å². The summed E-state index contributed by atoms with van der Waals surface area (Å²) in [5, 5.41) is 0.568. The van der Waals surface area contributed by atoms with E-state index in [1.807, 2.05) is 30.5 Å². The van der Waals surface area contributed by atoms with Crippen LogP contribution < -0.4 is 15.0 Å². The van der Waals surface area contributed by atoms with Gasteiger partial charge in [0.1, 0.15) is 0 Å². The molecule has 0 atom stereocenters. The summed E-state index contributed by atoms with van der Waals surface area (Å²) < 4.78 is 14.0. The lowest BCUT2D eigenvalue weighted by molar-refractivity contribution is 0.174. The van der Waals surface area contributed by atoms with Crippen LogP contribution in [0.15, 0.2) is 65.8 Å². The Kier molecular flexibility index (Phi) is 3.26. The minimum absolute atomic E-state index is 0.217. The highest BCUT2D eigenvalue weighted by molar-refractivity contribution is 6.30. The lowest BCUT2D eigenvalue weighted by Gasteiger charge is -2.05. The van der Waals surface area contributed by atoms with E-state index in [-0.39, 0.29) is 12.4 Å². The van der Waals surface area contributed by atoms with Crippen LogP contribution in [0.4, 0.5) is 0 Å². The van der Waals surface area contributed by atoms with Crippen molar-refractivity contribution in [1.82, 2.24) is 14.0 Å². The molecule has 3 heterocycles. The summed E-state index contributed by atoms with van der Waals surface area (Å²) in [6.07, 6.45) is 5.31. The Balaban J connectivity index is 1.64. The highest BCUT2D eigenvalue weighted by Gasteiger charge is 2.16. The van der Waals surface area contributed by atoms with Crippen LogP contribution >= 0.6 is 11.6 Å². The molecule has 2 aromatic heterocycles. The van der Waals surface area contributed by atoms with Gasteiger partial charge in [-0.1, -0.05) is 17.7 Å². The molecule has 0 unspecified atom stereocenters. The van der Waals surface area contributed by atoms with Gasteiger partial charge in [0.05, 0.1) is 11.4 Å². The molecule has 0 saturated heterocycles. The molecule has 0 saturated carbocycles. The standard InChI is InChI=1S/C19H12ClN3O3/c20-13-2-1-3-14(9-13)23-7-6-22-10-15(21-18(22)19(23)24)12-4-5-16-17(8-12)26-11-25-16/h1-10H,11H2. The second-order valence-corrected chi connectivity index (χ2v) is 6.31. The largest absolute Gasteiger partial charge is 0.454 e. The zero-order valence-corrected chi connectivity index (χ0v) is 14.2. The van der Waals surface area contributed by atoms with Gasteiger partial charge in [-0.25, -0.2) is 4.98 Å². The van der Waals surface area contributed by atoms with Gasteiger partial charge >= 0.3 is 0 Å². The van der Waals surface area contributed by atoms with Crippen LogP contribution in [-0.4, -0.2) is 20.7 Å². The lowest BCUT2D eigenvalue weighted by atomic mass is 10.1. The van der Waals surface area contributed by atoms with Crippen molar-refractivity contribution in [3.8, 4) is 28.4 Å². The Bertz CT molecular complexity index is 1210. The van der Waals surface area contributed by atoms with E-state index in [0.29, 0.717) is 33.6 Å². The molecule has 4 aromatic rings. The number of benzene rings is 2. The maximum absolute atomic E-state index is 12.9. The van der Waals surface area contributed by atoms with Gasteiger partial charge in [0.2, 0.25) is 12.4 Å². The van der Waals surface area contributed by atoms with Crippen LogP contribution in [0.5, 0.6) is 11.5 Å². The third-order valence-electron chi connectivity index (χ3n) is 4.27. The summed E-state index contributed by atoms with van der Waals surface area (Å²) in [6.45, 7) is 0.217. The first-order valence-corrected chi connectivity index (χ1v) is 8.33. The molecule has 2 aromatic carbocycles. The van der Waals surface area contributed by atoms with Crippen molar-refractivity contribution in [2.24, 2.45) is 0 Å². The summed E-state index contributed by atoms with van der Waals surface area (Å²) in [5.74, 6) is 1.39. The second-order valence-electron chi connectivity index (χ2n) is 5.88. The van der Waals surface area contributed by atoms with Crippen LogP contribution in [0.3, 0.4) is 0 Å². The monoisotopic (exact) mass is 365 g/mol. The van der Waals surface area contributed by atoms with Crippen molar-refractivity contribution in [2.45, 2.75) is 0 Å². The number of aromatic nitrogens is 3. The number of ether oxygens (including phenoxy) is 2. The van der Waals surface area contributed by atoms with E-state index in [1.54, 1.807) is 35.0 Å². The molecular weight excluding hydrogens is 354 g/mol. The van der Waals surface area contributed by atoms with Crippen LogP contribution in [-0.2, 0) is 0 Å². The molecule has 128 valence electrons. The third-order valence-corrected chi connectivity index (χ3v) is 4.51. The Labute approximate surface area is 152 Å². The van der Waals surface area contributed by atoms with Gasteiger partial charge < -0.3 is 13.9 Å². The fourth-order valence-electron chi connectivity index (χ4n) is 3.00. The number of hydrogen-bond donors (Lipinski definition) is 0. The lowest BCUT2D eigenvalue weighted by Crippen LogP contribution is -2.19. The maximum atomic E-state index is 12.9. The summed E-state index contributed by atoms with van der Waals surface area (Å²) >= 11 is 6.04. The number of rotatable bonds is 2. The van der Waals surface area contributed by atoms with Crippen LogP contribution in [0.25, 0.3) is 22.6 Å². The van der Waals surface area contributed by atoms with Gasteiger partial charge in [-0.05, 0) is 36.4 Å². The van der Waals surface area contributed by atoms with Crippen molar-refractivity contribution in [1.29, 1.82) is 0 Å². The molecule has 6 nitrogen and oxygen atoms in total. The first-order chi connectivity index (χ1) is 12.7. The molecule has 0 amide bonds. The molecule has 0 N–H and O–H groups in total. The van der Waals surface area contributed by atoms with Gasteiger partial charge in [0, 0.05) is 29.2 Å². The molecule has 5 rings (SSSR count). The topological polar surface area (TPSA) is 57.8 Å². The van der Waals surface area contributed by atoms with Crippen molar-refractivity contribution in [3.63, 3.8) is 0 Å². The van der Waals surface area contributed by atoms with Crippen molar-refractivity contribution in [3.05, 3.63) is 76.4 Å². The average Bonchev–Trinajstić information content (AvgIpc) is 3.28. The highest BCUT2D eigenvalue weighted by atomic mass is 35.5. The first kappa shape index (κ1) is 15.0. The second kappa shape index (κ2) is 5.64. The van der Waals surface area contributed by atoms with E-state index in [2.05, 4.69) is 4.98 Å². The maximum Gasteiger partial charge on any atom is 0.298 e. The van der Waals surface area contributed by atoms with Crippen molar-refractivity contribution >= 4 is 17.2 Å². The van der Waals surface area contributed by atoms with Gasteiger partial charge in [0.25, 0.3) is 5.56 Å². The van der Waals surface area contributed by atoms with Gasteiger partial charge in [-0.3, -0.25) is 9.36 Å². The number of imidazole rings is 1. The van der Waals surface area contributed by atoms with Gasteiger partial charge in [-0.2, -0.15) is 0 Å². The van der Waals surface area contributed by atoms with Crippen LogP contribution in [0.1, 0.15) is 0 Å². The Hall–Kier alpha value is -3.25. The number of nitrogens with zero attached hydrogens (tertiary/aromatic N) is 3. The summed E-state index contributed by atoms with van der Waals surface area (Å²) in [5.41, 5.74) is 2.34. The SMILES string of the molecule is O=c1c2nc(-c3ccc4c(c3)OCO4)cn2ccn1-c1cccc(Cl)c1. The molecule has 7 heteroatoms. The molecule has 0 spiro atoms. The zero-order chi connectivity index (χ0) is 17.7. The molecule has 0 fully saturated rings. The molecular formula is C19H12ClN3O3. The summed E-state index contributed by atoms with van der Waals surface area (Å²) in [7, 11) is 0. The molecule has 0 bridgehead atoms. The highest BCUT2D eigenvalue weighted by Crippen LogP contribution is 2.35. The van der Waals surface area contributed by atoms with Crippen molar-refractivity contribution < 1.29 is 9.47 Å². The number of hydrogen-bond acceptors (Lipinski definition) is 4. The minimum Gasteiger partial charge on any atom is -0.454 e. The number of fused-ring (bicyclic) bond motifs is 2. The molecule has 26 heavy (non-hydrogen) atoms. The van der Waals surface area contributed by atoms with E-state index >= 15 is 0 Å². The molecule has 1 aliphatic heterocycles. The van der Waals surface area contributed by atoms with E-state index < -0.39 is 0 Å². The molecule has 0 aliphatic carbocycles. The molecule has 0 radical (unpaired) electrons. The van der Waals surface area contributed by atoms with Crippen molar-refractivity contribution in [2.75, 3.05) is 6.79 Å². The van der Waals surface area contributed by atoms with Gasteiger partial charge in [0.15, 0.2) is 11.5 Å². The van der Waals surface area contributed by atoms with E-state index in [4.69, 9.17) is 21.1 Å². The summed E-state index contributed by atoms with van der Waals surface area (Å²) in [6, 6.07) is 12.7. The Morgan fingerprint density at radius 2 is 1.92 bits per heavy atom. The Morgan fingerprint density at radius 3 is 2.81 bits per heavy atom. The normalized spacial score (nSPS) is 12.7. The Morgan fingerprint density at radius 1 is 1.04 bits per heavy atom. The van der Waals surface area contributed by atoms with Gasteiger partial charge in [-0.15, -0.1) is 0 Å². The molecule has 1 aliphatic rings. The van der Waals surface area contributed by atoms with Crippen LogP contribution in [0.2, 0.25) is 5.02 Å².